The Balaban J connectivity index is 2.77. The predicted molar refractivity (Wildman–Crippen MR) is 58.0 cm³/mol. The normalized spacial score (nSPS) is 12.5. The van der Waals surface area contributed by atoms with Gasteiger partial charge in [-0.3, -0.25) is 0 Å². The van der Waals surface area contributed by atoms with Gasteiger partial charge in [0, 0.05) is 6.04 Å². The molecule has 0 aliphatic heterocycles. The van der Waals surface area contributed by atoms with Gasteiger partial charge < -0.3 is 20.7 Å². The highest BCUT2D eigenvalue weighted by Crippen LogP contribution is 2.27. The van der Waals surface area contributed by atoms with Crippen LogP contribution in [0.4, 0.5) is 0 Å². The fourth-order valence-corrected chi connectivity index (χ4v) is 1.32. The average molecular weight is 211 g/mol. The lowest BCUT2D eigenvalue weighted by Crippen LogP contribution is -2.26. The molecule has 1 aromatic rings. The summed E-state index contributed by atoms with van der Waals surface area (Å²) >= 11 is 0. The fraction of sp³-hybridized carbons (Fsp3) is 0.455. The van der Waals surface area contributed by atoms with Crippen molar-refractivity contribution in [3.05, 3.63) is 23.8 Å². The van der Waals surface area contributed by atoms with Gasteiger partial charge in [-0.15, -0.1) is 0 Å². The molecule has 1 rings (SSSR count). The summed E-state index contributed by atoms with van der Waals surface area (Å²) < 4.78 is 5.24. The molecule has 0 amide bonds. The largest absolute Gasteiger partial charge is 0.504 e. The van der Waals surface area contributed by atoms with E-state index in [2.05, 4.69) is 0 Å². The number of ether oxygens (including phenoxy) is 1. The molecule has 4 heteroatoms. The number of aliphatic hydroxyl groups excluding tert-OH is 1. The molecule has 0 spiro atoms. The number of rotatable bonds is 5. The second-order valence-corrected chi connectivity index (χ2v) is 3.38. The average Bonchev–Trinajstić information content (AvgIpc) is 2.23. The third-order valence-electron chi connectivity index (χ3n) is 2.06. The Kier molecular flexibility index (Phi) is 4.39. The zero-order valence-electron chi connectivity index (χ0n) is 8.81. The Bertz CT molecular complexity index is 315. The fourth-order valence-electron chi connectivity index (χ4n) is 1.32. The maximum Gasteiger partial charge on any atom is 0.161 e. The van der Waals surface area contributed by atoms with Gasteiger partial charge in [0.15, 0.2) is 11.5 Å². The highest BCUT2D eigenvalue weighted by Gasteiger charge is 2.06. The molecule has 0 saturated carbocycles. The molecule has 1 atom stereocenters. The number of benzene rings is 1. The van der Waals surface area contributed by atoms with Gasteiger partial charge in [0.05, 0.1) is 13.2 Å². The molecular formula is C11H17NO3. The quantitative estimate of drug-likeness (QED) is 0.668. The topological polar surface area (TPSA) is 75.7 Å². The lowest BCUT2D eigenvalue weighted by atomic mass is 10.1. The minimum absolute atomic E-state index is 0.0507. The number of hydrogen-bond acceptors (Lipinski definition) is 4. The molecule has 0 bridgehead atoms. The Morgan fingerprint density at radius 1 is 1.47 bits per heavy atom. The molecule has 0 radical (unpaired) electrons. The van der Waals surface area contributed by atoms with E-state index in [0.717, 1.165) is 5.56 Å². The van der Waals surface area contributed by atoms with Crippen LogP contribution in [-0.2, 0) is 6.42 Å². The summed E-state index contributed by atoms with van der Waals surface area (Å²) in [6, 6.07) is 4.82. The molecule has 0 heterocycles. The van der Waals surface area contributed by atoms with Crippen LogP contribution in [0.25, 0.3) is 0 Å². The van der Waals surface area contributed by atoms with Gasteiger partial charge >= 0.3 is 0 Å². The van der Waals surface area contributed by atoms with Crippen molar-refractivity contribution in [1.29, 1.82) is 0 Å². The van der Waals surface area contributed by atoms with Crippen LogP contribution in [-0.4, -0.2) is 29.5 Å². The highest BCUT2D eigenvalue weighted by atomic mass is 16.5. The lowest BCUT2D eigenvalue weighted by Gasteiger charge is -2.11. The molecule has 0 saturated heterocycles. The maximum atomic E-state index is 9.45. The van der Waals surface area contributed by atoms with Crippen LogP contribution in [0.15, 0.2) is 18.2 Å². The van der Waals surface area contributed by atoms with Crippen LogP contribution < -0.4 is 10.5 Å². The van der Waals surface area contributed by atoms with E-state index < -0.39 is 0 Å². The summed E-state index contributed by atoms with van der Waals surface area (Å²) in [5, 5.41) is 18.3. The van der Waals surface area contributed by atoms with Crippen LogP contribution in [0.1, 0.15) is 12.5 Å². The second-order valence-electron chi connectivity index (χ2n) is 3.38. The van der Waals surface area contributed by atoms with E-state index in [4.69, 9.17) is 15.6 Å². The monoisotopic (exact) mass is 211 g/mol. The number of aromatic hydroxyl groups is 1. The van der Waals surface area contributed by atoms with Crippen molar-refractivity contribution >= 4 is 0 Å². The third kappa shape index (κ3) is 3.42. The van der Waals surface area contributed by atoms with Gasteiger partial charge in [0.25, 0.3) is 0 Å². The van der Waals surface area contributed by atoms with E-state index in [1.807, 2.05) is 6.92 Å². The standard InChI is InChI=1S/C11H17NO3/c1-2-15-11-6-8(3-4-10(11)14)5-9(12)7-13/h3-4,6,9,13-14H,2,5,7,12H2,1H3. The molecule has 84 valence electrons. The van der Waals surface area contributed by atoms with Crippen LogP contribution in [0.2, 0.25) is 0 Å². The molecule has 4 nitrogen and oxygen atoms in total. The van der Waals surface area contributed by atoms with Gasteiger partial charge in [-0.2, -0.15) is 0 Å². The first-order chi connectivity index (χ1) is 7.17. The highest BCUT2D eigenvalue weighted by molar-refractivity contribution is 5.42. The Morgan fingerprint density at radius 2 is 2.20 bits per heavy atom. The molecule has 0 aromatic heterocycles. The summed E-state index contributed by atoms with van der Waals surface area (Å²) in [7, 11) is 0. The summed E-state index contributed by atoms with van der Waals surface area (Å²) in [5.74, 6) is 0.582. The first-order valence-corrected chi connectivity index (χ1v) is 4.98. The van der Waals surface area contributed by atoms with Crippen LogP contribution in [0.3, 0.4) is 0 Å². The molecule has 0 aliphatic carbocycles. The number of phenolic OH excluding ortho intramolecular Hbond substituents is 1. The minimum atomic E-state index is -0.274. The zero-order chi connectivity index (χ0) is 11.3. The molecule has 0 fully saturated rings. The smallest absolute Gasteiger partial charge is 0.161 e. The van der Waals surface area contributed by atoms with Crippen LogP contribution in [0, 0.1) is 0 Å². The Hall–Kier alpha value is -1.26. The van der Waals surface area contributed by atoms with Crippen LogP contribution >= 0.6 is 0 Å². The molecule has 0 aliphatic rings. The summed E-state index contributed by atoms with van der Waals surface area (Å²) in [6.07, 6.45) is 0.566. The summed E-state index contributed by atoms with van der Waals surface area (Å²) in [6.45, 7) is 2.31. The third-order valence-corrected chi connectivity index (χ3v) is 2.06. The summed E-state index contributed by atoms with van der Waals surface area (Å²) in [4.78, 5) is 0. The van der Waals surface area contributed by atoms with E-state index in [1.54, 1.807) is 18.2 Å². The van der Waals surface area contributed by atoms with E-state index in [1.165, 1.54) is 0 Å². The van der Waals surface area contributed by atoms with Gasteiger partial charge in [0.2, 0.25) is 0 Å². The predicted octanol–water partition coefficient (Wildman–Crippen LogP) is 0.653. The molecule has 1 unspecified atom stereocenters. The van der Waals surface area contributed by atoms with Gasteiger partial charge in [-0.25, -0.2) is 0 Å². The lowest BCUT2D eigenvalue weighted by molar-refractivity contribution is 0.265. The maximum absolute atomic E-state index is 9.45. The second kappa shape index (κ2) is 5.58. The number of hydrogen-bond donors (Lipinski definition) is 3. The van der Waals surface area contributed by atoms with Gasteiger partial charge in [0.1, 0.15) is 0 Å². The van der Waals surface area contributed by atoms with Gasteiger partial charge in [-0.1, -0.05) is 6.07 Å². The molecular weight excluding hydrogens is 194 g/mol. The van der Waals surface area contributed by atoms with Crippen molar-refractivity contribution in [1.82, 2.24) is 0 Å². The molecule has 1 aromatic carbocycles. The number of phenols is 1. The van der Waals surface area contributed by atoms with E-state index in [0.29, 0.717) is 18.8 Å². The molecule has 15 heavy (non-hydrogen) atoms. The van der Waals surface area contributed by atoms with Crippen LogP contribution in [0.5, 0.6) is 11.5 Å². The van der Waals surface area contributed by atoms with E-state index in [9.17, 15) is 5.11 Å². The van der Waals surface area contributed by atoms with E-state index >= 15 is 0 Å². The van der Waals surface area contributed by atoms with Gasteiger partial charge in [-0.05, 0) is 31.0 Å². The minimum Gasteiger partial charge on any atom is -0.504 e. The van der Waals surface area contributed by atoms with Crippen molar-refractivity contribution in [3.8, 4) is 11.5 Å². The van der Waals surface area contributed by atoms with E-state index in [-0.39, 0.29) is 18.4 Å². The number of aliphatic hydroxyl groups is 1. The number of nitrogens with two attached hydrogens (primary N) is 1. The molecule has 4 N–H and O–H groups in total. The Morgan fingerprint density at radius 3 is 2.80 bits per heavy atom. The van der Waals surface area contributed by atoms with Crippen molar-refractivity contribution in [3.63, 3.8) is 0 Å². The van der Waals surface area contributed by atoms with Crippen molar-refractivity contribution < 1.29 is 14.9 Å². The van der Waals surface area contributed by atoms with Crippen molar-refractivity contribution in [2.24, 2.45) is 5.73 Å². The zero-order valence-corrected chi connectivity index (χ0v) is 8.81. The first kappa shape index (κ1) is 11.8. The summed E-state index contributed by atoms with van der Waals surface area (Å²) in [5.41, 5.74) is 6.56. The first-order valence-electron chi connectivity index (χ1n) is 4.98. The van der Waals surface area contributed by atoms with Crippen molar-refractivity contribution in [2.45, 2.75) is 19.4 Å². The Labute approximate surface area is 89.3 Å². The SMILES string of the molecule is CCOc1cc(CC(N)CO)ccc1O. The van der Waals surface area contributed by atoms with Crippen molar-refractivity contribution in [2.75, 3.05) is 13.2 Å².